The lowest BCUT2D eigenvalue weighted by atomic mass is 9.81. The van der Waals surface area contributed by atoms with E-state index in [4.69, 9.17) is 0 Å². The summed E-state index contributed by atoms with van der Waals surface area (Å²) in [7, 11) is -1.16. The van der Waals surface area contributed by atoms with E-state index in [2.05, 4.69) is 20.4 Å². The highest BCUT2D eigenvalue weighted by Crippen LogP contribution is 2.46. The Morgan fingerprint density at radius 1 is 1.54 bits per heavy atom. The molecule has 2 nitrogen and oxygen atoms in total. The molecular formula is C10H22O2Si. The summed E-state index contributed by atoms with van der Waals surface area (Å²) in [5, 5.41) is 19.3. The van der Waals surface area contributed by atoms with Gasteiger partial charge >= 0.3 is 0 Å². The van der Waals surface area contributed by atoms with E-state index >= 15 is 0 Å². The van der Waals surface area contributed by atoms with E-state index in [0.29, 0.717) is 12.1 Å². The first-order valence-corrected chi connectivity index (χ1v) is 7.84. The van der Waals surface area contributed by atoms with Crippen LogP contribution < -0.4 is 0 Å². The van der Waals surface area contributed by atoms with Gasteiger partial charge in [-0.1, -0.05) is 26.8 Å². The van der Waals surface area contributed by atoms with Crippen LogP contribution in [0.3, 0.4) is 0 Å². The van der Waals surface area contributed by atoms with E-state index in [-0.39, 0.29) is 11.1 Å². The number of aliphatic hydroxyl groups is 2. The Balaban J connectivity index is 2.67. The largest absolute Gasteiger partial charge is 0.400 e. The maximum atomic E-state index is 10.0. The highest BCUT2D eigenvalue weighted by atomic mass is 28.3. The normalized spacial score (nSPS) is 43.2. The molecule has 4 atom stereocenters. The third-order valence-corrected chi connectivity index (χ3v) is 7.44. The molecular weight excluding hydrogens is 180 g/mol. The fourth-order valence-electron chi connectivity index (χ4n) is 2.28. The van der Waals surface area contributed by atoms with Crippen LogP contribution in [0.25, 0.3) is 0 Å². The average Bonchev–Trinajstić information content (AvgIpc) is 2.11. The third-order valence-electron chi connectivity index (χ3n) is 3.96. The highest BCUT2D eigenvalue weighted by molar-refractivity contribution is 6.60. The van der Waals surface area contributed by atoms with Crippen LogP contribution in [-0.2, 0) is 0 Å². The second kappa shape index (κ2) is 4.11. The minimum atomic E-state index is -1.16. The summed E-state index contributed by atoms with van der Waals surface area (Å²) in [4.78, 5) is 0. The van der Waals surface area contributed by atoms with Gasteiger partial charge in [0.2, 0.25) is 0 Å². The molecule has 3 heteroatoms. The molecule has 0 aromatic rings. The van der Waals surface area contributed by atoms with E-state index in [1.165, 1.54) is 6.42 Å². The third kappa shape index (κ3) is 2.14. The lowest BCUT2D eigenvalue weighted by molar-refractivity contribution is 0.0628. The smallest absolute Gasteiger partial charge is 0.0731 e. The van der Waals surface area contributed by atoms with Crippen molar-refractivity contribution < 1.29 is 10.2 Å². The minimum Gasteiger partial charge on any atom is -0.400 e. The highest BCUT2D eigenvalue weighted by Gasteiger charge is 2.42. The van der Waals surface area contributed by atoms with Crippen LogP contribution in [0.2, 0.25) is 11.6 Å². The predicted octanol–water partition coefficient (Wildman–Crippen LogP) is 1.32. The van der Waals surface area contributed by atoms with Crippen molar-refractivity contribution in [1.29, 1.82) is 0 Å². The molecule has 0 aromatic heterocycles. The molecule has 1 rings (SSSR count). The van der Waals surface area contributed by atoms with Gasteiger partial charge in [0.25, 0.3) is 0 Å². The summed E-state index contributed by atoms with van der Waals surface area (Å²) in [6.07, 6.45) is 3.38. The van der Waals surface area contributed by atoms with Gasteiger partial charge in [-0.25, -0.2) is 0 Å². The van der Waals surface area contributed by atoms with Crippen LogP contribution in [0.5, 0.6) is 0 Å². The van der Waals surface area contributed by atoms with Crippen LogP contribution in [0.15, 0.2) is 0 Å². The molecule has 0 bridgehead atoms. The Morgan fingerprint density at radius 2 is 2.15 bits per heavy atom. The van der Waals surface area contributed by atoms with E-state index < -0.39 is 8.80 Å². The molecule has 78 valence electrons. The zero-order chi connectivity index (χ0) is 10.1. The molecule has 1 fully saturated rings. The molecule has 0 spiro atoms. The predicted molar refractivity (Wildman–Crippen MR) is 57.5 cm³/mol. The minimum absolute atomic E-state index is 0.0707. The van der Waals surface area contributed by atoms with Crippen molar-refractivity contribution in [1.82, 2.24) is 0 Å². The maximum absolute atomic E-state index is 10.0. The summed E-state index contributed by atoms with van der Waals surface area (Å²) in [5.41, 5.74) is 0. The molecule has 0 amide bonds. The first-order chi connectivity index (χ1) is 6.00. The van der Waals surface area contributed by atoms with Crippen molar-refractivity contribution in [2.24, 2.45) is 5.92 Å². The van der Waals surface area contributed by atoms with Crippen LogP contribution in [0.4, 0.5) is 0 Å². The molecule has 13 heavy (non-hydrogen) atoms. The average molecular weight is 202 g/mol. The summed E-state index contributed by atoms with van der Waals surface area (Å²) in [6, 6.07) is 0. The lowest BCUT2D eigenvalue weighted by Crippen LogP contribution is -2.44. The number of rotatable bonds is 2. The van der Waals surface area contributed by atoms with Gasteiger partial charge in [0, 0.05) is 6.23 Å². The molecule has 0 aliphatic heterocycles. The summed E-state index contributed by atoms with van der Waals surface area (Å²) < 4.78 is 0. The van der Waals surface area contributed by atoms with Crippen molar-refractivity contribution in [3.63, 3.8) is 0 Å². The van der Waals surface area contributed by atoms with Gasteiger partial charge in [0.15, 0.2) is 0 Å². The molecule has 0 radical (unpaired) electrons. The zero-order valence-corrected chi connectivity index (χ0v) is 10.1. The Bertz CT molecular complexity index is 174. The monoisotopic (exact) mass is 202 g/mol. The SMILES string of the molecule is C[C@@H]1CC[C@@](C)([Si@H](C)CO)[C@H](O)C1. The van der Waals surface area contributed by atoms with Crippen molar-refractivity contribution in [2.45, 2.75) is 50.8 Å². The molecule has 1 aliphatic carbocycles. The maximum Gasteiger partial charge on any atom is 0.0731 e. The number of hydrogen-bond donors (Lipinski definition) is 2. The van der Waals surface area contributed by atoms with Crippen LogP contribution in [0.1, 0.15) is 33.1 Å². The summed E-state index contributed by atoms with van der Waals surface area (Å²) in [5.74, 6) is 0.656. The molecule has 1 saturated carbocycles. The van der Waals surface area contributed by atoms with Crippen molar-refractivity contribution in [2.75, 3.05) is 6.23 Å². The molecule has 0 saturated heterocycles. The quantitative estimate of drug-likeness (QED) is 0.663. The van der Waals surface area contributed by atoms with Crippen LogP contribution in [0, 0.1) is 5.92 Å². The fourth-order valence-corrected chi connectivity index (χ4v) is 4.15. The molecule has 2 N–H and O–H groups in total. The van der Waals surface area contributed by atoms with Gasteiger partial charge in [-0.15, -0.1) is 0 Å². The Kier molecular flexibility index (Phi) is 3.55. The Hall–Kier alpha value is 0.137. The molecule has 0 heterocycles. The van der Waals surface area contributed by atoms with Crippen molar-refractivity contribution in [3.8, 4) is 0 Å². The number of aliphatic hydroxyl groups excluding tert-OH is 2. The van der Waals surface area contributed by atoms with Crippen LogP contribution >= 0.6 is 0 Å². The van der Waals surface area contributed by atoms with Gasteiger partial charge < -0.3 is 10.2 Å². The Morgan fingerprint density at radius 3 is 2.62 bits per heavy atom. The lowest BCUT2D eigenvalue weighted by Gasteiger charge is -2.44. The fraction of sp³-hybridized carbons (Fsp3) is 1.00. The zero-order valence-electron chi connectivity index (χ0n) is 8.95. The van der Waals surface area contributed by atoms with Crippen molar-refractivity contribution in [3.05, 3.63) is 0 Å². The first-order valence-electron chi connectivity index (χ1n) is 5.29. The number of hydrogen-bond acceptors (Lipinski definition) is 2. The van der Waals surface area contributed by atoms with Crippen LogP contribution in [-0.4, -0.2) is 31.3 Å². The molecule has 1 aliphatic rings. The van der Waals surface area contributed by atoms with E-state index in [1.54, 1.807) is 0 Å². The summed E-state index contributed by atoms with van der Waals surface area (Å²) >= 11 is 0. The van der Waals surface area contributed by atoms with E-state index in [1.807, 2.05) is 0 Å². The standard InChI is InChI=1S/C10H22O2Si/c1-8-4-5-10(2,9(12)6-8)13(3)7-11/h8-9,11-13H,4-7H2,1-3H3/t8-,9-,10-,13-/m1/s1. The first kappa shape index (κ1) is 11.2. The van der Waals surface area contributed by atoms with Gasteiger partial charge in [-0.2, -0.15) is 0 Å². The molecule has 0 unspecified atom stereocenters. The second-order valence-corrected chi connectivity index (χ2v) is 8.47. The van der Waals surface area contributed by atoms with E-state index in [0.717, 1.165) is 12.8 Å². The second-order valence-electron chi connectivity index (χ2n) is 4.98. The molecule has 0 aromatic carbocycles. The van der Waals surface area contributed by atoms with Gasteiger partial charge in [-0.3, -0.25) is 0 Å². The van der Waals surface area contributed by atoms with E-state index in [9.17, 15) is 10.2 Å². The van der Waals surface area contributed by atoms with Gasteiger partial charge in [0.05, 0.1) is 14.9 Å². The van der Waals surface area contributed by atoms with Gasteiger partial charge in [0.1, 0.15) is 0 Å². The van der Waals surface area contributed by atoms with Gasteiger partial charge in [-0.05, 0) is 23.8 Å². The van der Waals surface area contributed by atoms with Crippen molar-refractivity contribution >= 4 is 8.80 Å². The Labute approximate surface area is 82.6 Å². The topological polar surface area (TPSA) is 40.5 Å². The summed E-state index contributed by atoms with van der Waals surface area (Å²) in [6.45, 7) is 6.53.